The first-order valence-corrected chi connectivity index (χ1v) is 7.96. The second-order valence-corrected chi connectivity index (χ2v) is 5.43. The highest BCUT2D eigenvalue weighted by molar-refractivity contribution is 5.88. The number of amides is 2. The van der Waals surface area contributed by atoms with Crippen LogP contribution >= 0.6 is 0 Å². The molecule has 1 fully saturated rings. The largest absolute Gasteiger partial charge is 0.382 e. The molecule has 8 heteroatoms. The van der Waals surface area contributed by atoms with Gasteiger partial charge in [-0.2, -0.15) is 0 Å². The molecule has 1 aliphatic heterocycles. The summed E-state index contributed by atoms with van der Waals surface area (Å²) in [7, 11) is 1.57. The lowest BCUT2D eigenvalue weighted by atomic mass is 10.1. The quantitative estimate of drug-likeness (QED) is 0.602. The number of carbonyl (C=O) groups is 2. The van der Waals surface area contributed by atoms with Crippen molar-refractivity contribution in [2.45, 2.75) is 12.6 Å². The Hall–Kier alpha value is -2.03. The Labute approximate surface area is 141 Å². The fraction of sp³-hybridized carbons (Fsp3) is 0.562. The van der Waals surface area contributed by atoms with Crippen LogP contribution in [0.15, 0.2) is 24.5 Å². The Morgan fingerprint density at radius 2 is 2.17 bits per heavy atom. The van der Waals surface area contributed by atoms with Crippen molar-refractivity contribution in [3.05, 3.63) is 30.1 Å². The highest BCUT2D eigenvalue weighted by atomic mass is 16.5. The summed E-state index contributed by atoms with van der Waals surface area (Å²) < 4.78 is 10.1. The molecule has 24 heavy (non-hydrogen) atoms. The van der Waals surface area contributed by atoms with Crippen LogP contribution in [0.1, 0.15) is 5.56 Å². The van der Waals surface area contributed by atoms with Crippen LogP contribution in [0.25, 0.3) is 0 Å². The molecule has 2 amide bonds. The maximum atomic E-state index is 12.4. The number of nitrogens with zero attached hydrogens (tertiary/aromatic N) is 2. The molecular formula is C16H24N4O4. The normalized spacial score (nSPS) is 17.5. The van der Waals surface area contributed by atoms with Gasteiger partial charge in [0.2, 0.25) is 11.8 Å². The average Bonchev–Trinajstić information content (AvgIpc) is 2.64. The molecule has 1 aromatic heterocycles. The Kier molecular flexibility index (Phi) is 7.60. The van der Waals surface area contributed by atoms with E-state index in [9.17, 15) is 9.59 Å². The predicted octanol–water partition coefficient (Wildman–Crippen LogP) is -0.839. The second kappa shape index (κ2) is 9.96. The van der Waals surface area contributed by atoms with Crippen LogP contribution in [0.4, 0.5) is 0 Å². The summed E-state index contributed by atoms with van der Waals surface area (Å²) in [6, 6.07) is 3.15. The van der Waals surface area contributed by atoms with Crippen LogP contribution in [-0.4, -0.2) is 74.3 Å². The number of carbonyl (C=O) groups excluding carboxylic acids is 2. The van der Waals surface area contributed by atoms with E-state index in [1.165, 1.54) is 0 Å². The maximum absolute atomic E-state index is 12.4. The number of piperazine rings is 1. The molecule has 1 aromatic rings. The lowest BCUT2D eigenvalue weighted by Gasteiger charge is -2.35. The first kappa shape index (κ1) is 18.3. The molecule has 2 rings (SSSR count). The van der Waals surface area contributed by atoms with E-state index in [1.807, 2.05) is 12.1 Å². The van der Waals surface area contributed by atoms with E-state index in [-0.39, 0.29) is 18.4 Å². The van der Waals surface area contributed by atoms with Crippen molar-refractivity contribution in [3.63, 3.8) is 0 Å². The van der Waals surface area contributed by atoms with Crippen molar-refractivity contribution in [1.29, 1.82) is 0 Å². The molecule has 0 radical (unpaired) electrons. The fourth-order valence-corrected chi connectivity index (χ4v) is 2.43. The molecule has 0 aliphatic carbocycles. The van der Waals surface area contributed by atoms with Gasteiger partial charge in [-0.05, 0) is 17.7 Å². The third kappa shape index (κ3) is 5.55. The highest BCUT2D eigenvalue weighted by Gasteiger charge is 2.31. The van der Waals surface area contributed by atoms with Crippen molar-refractivity contribution in [3.8, 4) is 0 Å². The lowest BCUT2D eigenvalue weighted by Crippen LogP contribution is -2.60. The fourth-order valence-electron chi connectivity index (χ4n) is 2.43. The minimum atomic E-state index is -0.529. The predicted molar refractivity (Wildman–Crippen MR) is 87.1 cm³/mol. The van der Waals surface area contributed by atoms with E-state index in [1.54, 1.807) is 24.4 Å². The van der Waals surface area contributed by atoms with Gasteiger partial charge in [-0.1, -0.05) is 0 Å². The van der Waals surface area contributed by atoms with Crippen LogP contribution in [-0.2, 0) is 25.6 Å². The van der Waals surface area contributed by atoms with E-state index >= 15 is 0 Å². The molecule has 0 bridgehead atoms. The van der Waals surface area contributed by atoms with Gasteiger partial charge >= 0.3 is 0 Å². The molecule has 2 N–H and O–H groups in total. The zero-order chi connectivity index (χ0) is 17.2. The van der Waals surface area contributed by atoms with Gasteiger partial charge in [0.25, 0.3) is 0 Å². The van der Waals surface area contributed by atoms with Crippen LogP contribution in [0.5, 0.6) is 0 Å². The van der Waals surface area contributed by atoms with Gasteiger partial charge in [-0.25, -0.2) is 0 Å². The van der Waals surface area contributed by atoms with E-state index < -0.39 is 6.04 Å². The molecule has 0 spiro atoms. The molecule has 1 atom stereocenters. The Balaban J connectivity index is 1.85. The summed E-state index contributed by atoms with van der Waals surface area (Å²) in [6.45, 7) is 2.74. The number of nitrogens with one attached hydrogen (secondary N) is 2. The number of rotatable bonds is 8. The van der Waals surface area contributed by atoms with Crippen LogP contribution < -0.4 is 10.6 Å². The summed E-state index contributed by atoms with van der Waals surface area (Å²) in [4.78, 5) is 30.3. The van der Waals surface area contributed by atoms with Crippen LogP contribution in [0.2, 0.25) is 0 Å². The smallest absolute Gasteiger partial charge is 0.249 e. The molecule has 1 aliphatic rings. The van der Waals surface area contributed by atoms with Gasteiger partial charge in [-0.3, -0.25) is 14.6 Å². The SMILES string of the molecule is COCCOCC(=O)N1CCNC[C@H]1C(=O)NCc1ccncc1. The molecule has 0 saturated carbocycles. The molecule has 2 heterocycles. The Morgan fingerprint density at radius 3 is 2.92 bits per heavy atom. The number of hydrogen-bond donors (Lipinski definition) is 2. The summed E-state index contributed by atoms with van der Waals surface area (Å²) >= 11 is 0. The van der Waals surface area contributed by atoms with E-state index in [0.717, 1.165) is 5.56 Å². The van der Waals surface area contributed by atoms with E-state index in [4.69, 9.17) is 9.47 Å². The Bertz CT molecular complexity index is 526. The van der Waals surface area contributed by atoms with Gasteiger partial charge in [0, 0.05) is 45.7 Å². The Morgan fingerprint density at radius 1 is 1.38 bits per heavy atom. The maximum Gasteiger partial charge on any atom is 0.249 e. The number of hydrogen-bond acceptors (Lipinski definition) is 6. The minimum absolute atomic E-state index is 0.0442. The van der Waals surface area contributed by atoms with Crippen LogP contribution in [0, 0.1) is 0 Å². The van der Waals surface area contributed by atoms with Gasteiger partial charge < -0.3 is 25.0 Å². The zero-order valence-electron chi connectivity index (χ0n) is 13.9. The first-order chi connectivity index (χ1) is 11.7. The van der Waals surface area contributed by atoms with Gasteiger partial charge in [0.1, 0.15) is 12.6 Å². The monoisotopic (exact) mass is 336 g/mol. The van der Waals surface area contributed by atoms with Gasteiger partial charge in [-0.15, -0.1) is 0 Å². The topological polar surface area (TPSA) is 92.8 Å². The van der Waals surface area contributed by atoms with Gasteiger partial charge in [0.05, 0.1) is 13.2 Å². The van der Waals surface area contributed by atoms with Crippen molar-refractivity contribution in [2.75, 3.05) is 46.6 Å². The molecule has 1 saturated heterocycles. The number of methoxy groups -OCH3 is 1. The number of aromatic nitrogens is 1. The average molecular weight is 336 g/mol. The molecule has 0 unspecified atom stereocenters. The molecule has 132 valence electrons. The molecule has 0 aromatic carbocycles. The van der Waals surface area contributed by atoms with Gasteiger partial charge in [0.15, 0.2) is 0 Å². The summed E-state index contributed by atoms with van der Waals surface area (Å²) in [5.74, 6) is -0.360. The van der Waals surface area contributed by atoms with Crippen molar-refractivity contribution >= 4 is 11.8 Å². The molecule has 8 nitrogen and oxygen atoms in total. The standard InChI is InChI=1S/C16H24N4O4/c1-23-8-9-24-12-15(21)20-7-6-18-11-14(20)16(22)19-10-13-2-4-17-5-3-13/h2-5,14,18H,6-12H2,1H3,(H,19,22)/t14-/m0/s1. The third-order valence-corrected chi connectivity index (χ3v) is 3.74. The third-order valence-electron chi connectivity index (χ3n) is 3.74. The minimum Gasteiger partial charge on any atom is -0.382 e. The van der Waals surface area contributed by atoms with Crippen molar-refractivity contribution < 1.29 is 19.1 Å². The lowest BCUT2D eigenvalue weighted by molar-refractivity contribution is -0.145. The van der Waals surface area contributed by atoms with E-state index in [0.29, 0.717) is 39.4 Å². The molecular weight excluding hydrogens is 312 g/mol. The second-order valence-electron chi connectivity index (χ2n) is 5.43. The van der Waals surface area contributed by atoms with E-state index in [2.05, 4.69) is 15.6 Å². The number of pyridine rings is 1. The number of ether oxygens (including phenoxy) is 2. The van der Waals surface area contributed by atoms with Crippen LogP contribution in [0.3, 0.4) is 0 Å². The van der Waals surface area contributed by atoms with Crippen molar-refractivity contribution in [1.82, 2.24) is 20.5 Å². The van der Waals surface area contributed by atoms with Crippen molar-refractivity contribution in [2.24, 2.45) is 0 Å². The summed E-state index contributed by atoms with van der Waals surface area (Å²) in [6.07, 6.45) is 3.35. The first-order valence-electron chi connectivity index (χ1n) is 7.96. The summed E-state index contributed by atoms with van der Waals surface area (Å²) in [5.41, 5.74) is 0.961. The highest BCUT2D eigenvalue weighted by Crippen LogP contribution is 2.06. The summed E-state index contributed by atoms with van der Waals surface area (Å²) in [5, 5.41) is 6.02. The zero-order valence-corrected chi connectivity index (χ0v) is 13.9.